The largest absolute Gasteiger partial charge is 0.228 e. The van der Waals surface area contributed by atoms with E-state index in [9.17, 15) is 0 Å². The predicted octanol–water partition coefficient (Wildman–Crippen LogP) is 5.33. The molecular formula is C16H12BrClN2. The number of rotatable bonds is 1. The van der Waals surface area contributed by atoms with Crippen LogP contribution < -0.4 is 0 Å². The monoisotopic (exact) mass is 346 g/mol. The molecule has 0 unspecified atom stereocenters. The minimum atomic E-state index is 0.481. The molecule has 2 nitrogen and oxygen atoms in total. The van der Waals surface area contributed by atoms with Gasteiger partial charge in [0, 0.05) is 15.4 Å². The Hall–Kier alpha value is -1.45. The molecule has 1 heterocycles. The van der Waals surface area contributed by atoms with Crippen molar-refractivity contribution >= 4 is 38.4 Å². The number of fused-ring (bicyclic) bond motifs is 1. The van der Waals surface area contributed by atoms with Gasteiger partial charge in [-0.25, -0.2) is 9.97 Å². The molecule has 0 aliphatic carbocycles. The van der Waals surface area contributed by atoms with Crippen LogP contribution in [0.25, 0.3) is 22.3 Å². The van der Waals surface area contributed by atoms with Crippen molar-refractivity contribution in [1.29, 1.82) is 0 Å². The van der Waals surface area contributed by atoms with Crippen molar-refractivity contribution in [3.8, 4) is 11.4 Å². The Balaban J connectivity index is 2.26. The van der Waals surface area contributed by atoms with Gasteiger partial charge < -0.3 is 0 Å². The van der Waals surface area contributed by atoms with Gasteiger partial charge in [0.05, 0.1) is 5.52 Å². The molecule has 100 valence electrons. The maximum atomic E-state index is 6.32. The Morgan fingerprint density at radius 3 is 2.40 bits per heavy atom. The highest BCUT2D eigenvalue weighted by Gasteiger charge is 2.10. The molecule has 0 N–H and O–H groups in total. The quantitative estimate of drug-likeness (QED) is 0.556. The molecule has 3 aromatic rings. The van der Waals surface area contributed by atoms with Crippen LogP contribution in [0.1, 0.15) is 11.1 Å². The van der Waals surface area contributed by atoms with Crippen molar-refractivity contribution in [2.75, 3.05) is 0 Å². The third kappa shape index (κ3) is 2.43. The summed E-state index contributed by atoms with van der Waals surface area (Å²) in [5, 5.41) is 1.35. The normalized spacial score (nSPS) is 11.0. The van der Waals surface area contributed by atoms with Crippen LogP contribution in [0.4, 0.5) is 0 Å². The van der Waals surface area contributed by atoms with Gasteiger partial charge in [-0.2, -0.15) is 0 Å². The molecule has 0 atom stereocenters. The molecule has 2 aromatic carbocycles. The number of nitrogens with zero attached hydrogens (tertiary/aromatic N) is 2. The van der Waals surface area contributed by atoms with Gasteiger partial charge in [-0.3, -0.25) is 0 Å². The third-order valence-corrected chi connectivity index (χ3v) is 3.96. The zero-order valence-corrected chi connectivity index (χ0v) is 13.5. The maximum absolute atomic E-state index is 6.32. The van der Waals surface area contributed by atoms with Crippen LogP contribution in [0.15, 0.2) is 40.9 Å². The first-order valence-electron chi connectivity index (χ1n) is 6.25. The van der Waals surface area contributed by atoms with Crippen LogP contribution in [-0.2, 0) is 0 Å². The number of hydrogen-bond donors (Lipinski definition) is 0. The lowest BCUT2D eigenvalue weighted by Crippen LogP contribution is -1.94. The van der Waals surface area contributed by atoms with E-state index in [1.54, 1.807) is 0 Å². The number of aromatic nitrogens is 2. The second kappa shape index (κ2) is 5.15. The third-order valence-electron chi connectivity index (χ3n) is 3.22. The highest BCUT2D eigenvalue weighted by molar-refractivity contribution is 9.10. The van der Waals surface area contributed by atoms with Crippen LogP contribution >= 0.6 is 27.5 Å². The molecule has 0 spiro atoms. The van der Waals surface area contributed by atoms with Crippen molar-refractivity contribution in [3.63, 3.8) is 0 Å². The summed E-state index contributed by atoms with van der Waals surface area (Å²) in [6, 6.07) is 12.1. The zero-order chi connectivity index (χ0) is 14.3. The van der Waals surface area contributed by atoms with Gasteiger partial charge in [0.2, 0.25) is 0 Å². The second-order valence-corrected chi connectivity index (χ2v) is 6.10. The van der Waals surface area contributed by atoms with Crippen LogP contribution in [0.2, 0.25) is 5.15 Å². The highest BCUT2D eigenvalue weighted by Crippen LogP contribution is 2.29. The van der Waals surface area contributed by atoms with E-state index in [0.717, 1.165) is 26.5 Å². The predicted molar refractivity (Wildman–Crippen MR) is 87.2 cm³/mol. The fourth-order valence-corrected chi connectivity index (χ4v) is 2.95. The minimum Gasteiger partial charge on any atom is -0.228 e. The van der Waals surface area contributed by atoms with Gasteiger partial charge in [-0.1, -0.05) is 57.4 Å². The number of benzene rings is 2. The van der Waals surface area contributed by atoms with Crippen molar-refractivity contribution in [3.05, 3.63) is 57.2 Å². The fourth-order valence-electron chi connectivity index (χ4n) is 2.16. The van der Waals surface area contributed by atoms with Gasteiger partial charge >= 0.3 is 0 Å². The lowest BCUT2D eigenvalue weighted by Gasteiger charge is -2.08. The van der Waals surface area contributed by atoms with E-state index >= 15 is 0 Å². The second-order valence-electron chi connectivity index (χ2n) is 4.82. The van der Waals surface area contributed by atoms with Crippen LogP contribution in [0.5, 0.6) is 0 Å². The van der Waals surface area contributed by atoms with Gasteiger partial charge in [-0.15, -0.1) is 0 Å². The molecule has 20 heavy (non-hydrogen) atoms. The maximum Gasteiger partial charge on any atom is 0.161 e. The van der Waals surface area contributed by atoms with Crippen molar-refractivity contribution < 1.29 is 0 Å². The summed E-state index contributed by atoms with van der Waals surface area (Å²) in [5.74, 6) is 0.660. The molecule has 0 amide bonds. The Morgan fingerprint density at radius 2 is 1.70 bits per heavy atom. The zero-order valence-electron chi connectivity index (χ0n) is 11.1. The summed E-state index contributed by atoms with van der Waals surface area (Å²) in [4.78, 5) is 9.08. The van der Waals surface area contributed by atoms with Crippen molar-refractivity contribution in [2.45, 2.75) is 13.8 Å². The topological polar surface area (TPSA) is 25.8 Å². The molecule has 0 saturated carbocycles. The first kappa shape index (κ1) is 13.5. The van der Waals surface area contributed by atoms with Crippen LogP contribution in [0.3, 0.4) is 0 Å². The lowest BCUT2D eigenvalue weighted by atomic mass is 10.1. The van der Waals surface area contributed by atoms with E-state index in [4.69, 9.17) is 11.6 Å². The Morgan fingerprint density at radius 1 is 1.00 bits per heavy atom. The Kier molecular flexibility index (Phi) is 3.48. The smallest absolute Gasteiger partial charge is 0.161 e. The van der Waals surface area contributed by atoms with Crippen LogP contribution in [-0.4, -0.2) is 9.97 Å². The van der Waals surface area contributed by atoms with Gasteiger partial charge in [0.15, 0.2) is 5.82 Å². The van der Waals surface area contributed by atoms with E-state index in [1.165, 1.54) is 5.56 Å². The minimum absolute atomic E-state index is 0.481. The molecule has 0 saturated heterocycles. The summed E-state index contributed by atoms with van der Waals surface area (Å²) in [6.45, 7) is 4.08. The summed E-state index contributed by atoms with van der Waals surface area (Å²) in [5.41, 5.74) is 4.15. The van der Waals surface area contributed by atoms with Gasteiger partial charge in [0.25, 0.3) is 0 Å². The molecule has 0 aliphatic heterocycles. The molecule has 0 fully saturated rings. The molecule has 1 aromatic heterocycles. The van der Waals surface area contributed by atoms with Gasteiger partial charge in [-0.05, 0) is 31.5 Å². The standard InChI is InChI=1S/C16H12BrClN2/c1-9-3-5-11(6-4-9)16-19-14-10(2)7-12(17)8-13(14)15(18)20-16/h3-8H,1-2H3. The summed E-state index contributed by atoms with van der Waals surface area (Å²) >= 11 is 9.79. The van der Waals surface area contributed by atoms with E-state index < -0.39 is 0 Å². The first-order valence-corrected chi connectivity index (χ1v) is 7.42. The molecule has 0 bridgehead atoms. The van der Waals surface area contributed by atoms with Crippen LogP contribution in [0, 0.1) is 13.8 Å². The van der Waals surface area contributed by atoms with E-state index in [2.05, 4.69) is 32.8 Å². The van der Waals surface area contributed by atoms with E-state index in [0.29, 0.717) is 11.0 Å². The van der Waals surface area contributed by atoms with Crippen molar-refractivity contribution in [1.82, 2.24) is 9.97 Å². The molecular weight excluding hydrogens is 336 g/mol. The average molecular weight is 348 g/mol. The highest BCUT2D eigenvalue weighted by atomic mass is 79.9. The summed E-state index contributed by atoms with van der Waals surface area (Å²) in [6.07, 6.45) is 0. The van der Waals surface area contributed by atoms with E-state index in [-0.39, 0.29) is 0 Å². The van der Waals surface area contributed by atoms with Crippen molar-refractivity contribution in [2.24, 2.45) is 0 Å². The Labute approximate surface area is 131 Å². The number of aryl methyl sites for hydroxylation is 2. The lowest BCUT2D eigenvalue weighted by molar-refractivity contribution is 1.21. The van der Waals surface area contributed by atoms with Gasteiger partial charge in [0.1, 0.15) is 5.15 Å². The molecule has 4 heteroatoms. The number of halogens is 2. The SMILES string of the molecule is Cc1ccc(-c2nc(Cl)c3cc(Br)cc(C)c3n2)cc1. The molecule has 0 aliphatic rings. The van der Waals surface area contributed by atoms with E-state index in [1.807, 2.05) is 43.3 Å². The molecule has 0 radical (unpaired) electrons. The summed E-state index contributed by atoms with van der Waals surface area (Å²) < 4.78 is 0.982. The molecule has 3 rings (SSSR count). The number of hydrogen-bond acceptors (Lipinski definition) is 2. The average Bonchev–Trinajstić information content (AvgIpc) is 2.40. The first-order chi connectivity index (χ1) is 9.54. The fraction of sp³-hybridized carbons (Fsp3) is 0.125. The Bertz CT molecular complexity index is 798. The summed E-state index contributed by atoms with van der Waals surface area (Å²) in [7, 11) is 0.